The van der Waals surface area contributed by atoms with Crippen LogP contribution in [-0.2, 0) is 14.8 Å². The Morgan fingerprint density at radius 3 is 2.15 bits per heavy atom. The van der Waals surface area contributed by atoms with Crippen LogP contribution in [0.1, 0.15) is 42.5 Å². The van der Waals surface area contributed by atoms with Crippen LogP contribution in [0.5, 0.6) is 0 Å². The van der Waals surface area contributed by atoms with Crippen molar-refractivity contribution in [1.29, 1.82) is 0 Å². The number of aromatic carboxylic acids is 1. The van der Waals surface area contributed by atoms with Gasteiger partial charge in [0.2, 0.25) is 15.9 Å². The molecule has 2 saturated carbocycles. The standard InChI is InChI=1S/C19H24N2O5S/c22-17(16-13-19(16)7-1-2-8-19)20-9-11-21(12-10-20)27(25,26)15-5-3-14(4-6-15)18(23)24/h3-6,16H,1-2,7-13H2,(H,23,24). The van der Waals surface area contributed by atoms with Crippen LogP contribution in [-0.4, -0.2) is 60.8 Å². The highest BCUT2D eigenvalue weighted by Gasteiger charge is 2.59. The summed E-state index contributed by atoms with van der Waals surface area (Å²) in [6.45, 7) is 1.37. The molecule has 4 rings (SSSR count). The highest BCUT2D eigenvalue weighted by atomic mass is 32.2. The zero-order chi connectivity index (χ0) is 19.2. The van der Waals surface area contributed by atoms with E-state index in [0.717, 1.165) is 19.3 Å². The third kappa shape index (κ3) is 3.25. The Morgan fingerprint density at radius 1 is 1.00 bits per heavy atom. The van der Waals surface area contributed by atoms with Gasteiger partial charge in [0, 0.05) is 32.1 Å². The van der Waals surface area contributed by atoms with E-state index in [4.69, 9.17) is 5.11 Å². The monoisotopic (exact) mass is 392 g/mol. The van der Waals surface area contributed by atoms with Gasteiger partial charge in [-0.2, -0.15) is 4.31 Å². The number of benzene rings is 1. The molecule has 1 atom stereocenters. The van der Waals surface area contributed by atoms with Crippen molar-refractivity contribution in [3.63, 3.8) is 0 Å². The molecule has 146 valence electrons. The SMILES string of the molecule is O=C(O)c1ccc(S(=O)(=O)N2CCN(C(=O)C3CC34CCCC4)CC2)cc1. The van der Waals surface area contributed by atoms with Gasteiger partial charge in [-0.1, -0.05) is 12.8 Å². The van der Waals surface area contributed by atoms with Gasteiger partial charge in [-0.15, -0.1) is 0 Å². The number of sulfonamides is 1. The minimum Gasteiger partial charge on any atom is -0.478 e. The molecular weight excluding hydrogens is 368 g/mol. The summed E-state index contributed by atoms with van der Waals surface area (Å²) in [6, 6.07) is 5.24. The van der Waals surface area contributed by atoms with E-state index < -0.39 is 16.0 Å². The molecule has 1 aliphatic heterocycles. The van der Waals surface area contributed by atoms with E-state index >= 15 is 0 Å². The van der Waals surface area contributed by atoms with E-state index in [1.54, 1.807) is 0 Å². The minimum atomic E-state index is -3.68. The van der Waals surface area contributed by atoms with Gasteiger partial charge >= 0.3 is 5.97 Å². The Labute approximate surface area is 159 Å². The molecule has 1 amide bonds. The number of amides is 1. The molecule has 7 nitrogen and oxygen atoms in total. The number of rotatable bonds is 4. The maximum Gasteiger partial charge on any atom is 0.335 e. The minimum absolute atomic E-state index is 0.0506. The Hall–Kier alpha value is -1.93. The predicted octanol–water partition coefficient (Wildman–Crippen LogP) is 1.80. The number of hydrogen-bond donors (Lipinski definition) is 1. The first kappa shape index (κ1) is 18.4. The summed E-state index contributed by atoms with van der Waals surface area (Å²) >= 11 is 0. The van der Waals surface area contributed by atoms with E-state index in [-0.39, 0.29) is 40.8 Å². The molecule has 8 heteroatoms. The van der Waals surface area contributed by atoms with Crippen molar-refractivity contribution in [1.82, 2.24) is 9.21 Å². The van der Waals surface area contributed by atoms with Crippen LogP contribution in [0.4, 0.5) is 0 Å². The lowest BCUT2D eigenvalue weighted by Gasteiger charge is -2.34. The number of carboxylic acid groups (broad SMARTS) is 1. The lowest BCUT2D eigenvalue weighted by molar-refractivity contribution is -0.134. The normalized spacial score (nSPS) is 24.9. The molecule has 27 heavy (non-hydrogen) atoms. The molecular formula is C19H24N2O5S. The van der Waals surface area contributed by atoms with Crippen LogP contribution >= 0.6 is 0 Å². The van der Waals surface area contributed by atoms with Crippen molar-refractivity contribution >= 4 is 21.9 Å². The van der Waals surface area contributed by atoms with Crippen LogP contribution in [0.2, 0.25) is 0 Å². The van der Waals surface area contributed by atoms with Crippen molar-refractivity contribution in [2.45, 2.75) is 37.0 Å². The maximum absolute atomic E-state index is 12.8. The molecule has 0 radical (unpaired) electrons. The van der Waals surface area contributed by atoms with E-state index in [9.17, 15) is 18.0 Å². The number of carbonyl (C=O) groups excluding carboxylic acids is 1. The van der Waals surface area contributed by atoms with Gasteiger partial charge in [0.05, 0.1) is 10.5 Å². The first-order valence-corrected chi connectivity index (χ1v) is 10.9. The summed E-state index contributed by atoms with van der Waals surface area (Å²) in [5.41, 5.74) is 0.307. The number of carbonyl (C=O) groups is 2. The van der Waals surface area contributed by atoms with Crippen molar-refractivity contribution in [3.05, 3.63) is 29.8 Å². The molecule has 1 aromatic rings. The first-order valence-electron chi connectivity index (χ1n) is 9.46. The van der Waals surface area contributed by atoms with E-state index in [0.29, 0.717) is 13.1 Å². The zero-order valence-electron chi connectivity index (χ0n) is 15.1. The second kappa shape index (κ2) is 6.60. The predicted molar refractivity (Wildman–Crippen MR) is 97.7 cm³/mol. The summed E-state index contributed by atoms with van der Waals surface area (Å²) in [6.07, 6.45) is 5.75. The molecule has 1 N–H and O–H groups in total. The molecule has 1 heterocycles. The van der Waals surface area contributed by atoms with Crippen molar-refractivity contribution < 1.29 is 23.1 Å². The van der Waals surface area contributed by atoms with E-state index in [2.05, 4.69) is 0 Å². The lowest BCUT2D eigenvalue weighted by atomic mass is 10.0. The number of piperazine rings is 1. The highest BCUT2D eigenvalue weighted by Crippen LogP contribution is 2.63. The Bertz CT molecular complexity index is 851. The Morgan fingerprint density at radius 2 is 1.59 bits per heavy atom. The molecule has 0 bridgehead atoms. The first-order chi connectivity index (χ1) is 12.8. The van der Waals surface area contributed by atoms with Gasteiger partial charge < -0.3 is 10.0 Å². The van der Waals surface area contributed by atoms with Gasteiger partial charge in [0.15, 0.2) is 0 Å². The average Bonchev–Trinajstić information content (AvgIpc) is 3.17. The molecule has 0 aromatic heterocycles. The van der Waals surface area contributed by atoms with Crippen LogP contribution in [0, 0.1) is 11.3 Å². The number of carboxylic acids is 1. The van der Waals surface area contributed by atoms with Crippen molar-refractivity contribution in [2.75, 3.05) is 26.2 Å². The molecule has 1 spiro atoms. The van der Waals surface area contributed by atoms with Gasteiger partial charge in [-0.25, -0.2) is 13.2 Å². The van der Waals surface area contributed by atoms with Gasteiger partial charge in [-0.3, -0.25) is 4.79 Å². The summed E-state index contributed by atoms with van der Waals surface area (Å²) in [7, 11) is -3.68. The van der Waals surface area contributed by atoms with Crippen LogP contribution in [0.25, 0.3) is 0 Å². The summed E-state index contributed by atoms with van der Waals surface area (Å²) < 4.78 is 26.9. The van der Waals surface area contributed by atoms with E-state index in [1.165, 1.54) is 41.4 Å². The topological polar surface area (TPSA) is 95.0 Å². The molecule has 3 aliphatic rings. The van der Waals surface area contributed by atoms with Crippen LogP contribution < -0.4 is 0 Å². The van der Waals surface area contributed by atoms with E-state index in [1.807, 2.05) is 4.90 Å². The fraction of sp³-hybridized carbons (Fsp3) is 0.579. The second-order valence-corrected chi connectivity index (χ2v) is 9.82. The highest BCUT2D eigenvalue weighted by molar-refractivity contribution is 7.89. The van der Waals surface area contributed by atoms with Gasteiger partial charge in [0.1, 0.15) is 0 Å². The molecule has 1 saturated heterocycles. The Kier molecular flexibility index (Phi) is 4.50. The largest absolute Gasteiger partial charge is 0.478 e. The number of hydrogen-bond acceptors (Lipinski definition) is 4. The maximum atomic E-state index is 12.8. The lowest BCUT2D eigenvalue weighted by Crippen LogP contribution is -2.51. The summed E-state index contributed by atoms with van der Waals surface area (Å²) in [5.74, 6) is -0.752. The van der Waals surface area contributed by atoms with Crippen LogP contribution in [0.3, 0.4) is 0 Å². The Balaban J connectivity index is 1.38. The summed E-state index contributed by atoms with van der Waals surface area (Å²) in [5, 5.41) is 8.94. The fourth-order valence-corrected chi connectivity index (χ4v) is 6.04. The quantitative estimate of drug-likeness (QED) is 0.843. The van der Waals surface area contributed by atoms with Crippen molar-refractivity contribution in [2.24, 2.45) is 11.3 Å². The molecule has 2 aliphatic carbocycles. The third-order valence-corrected chi connectivity index (χ3v) is 8.29. The summed E-state index contributed by atoms with van der Waals surface area (Å²) in [4.78, 5) is 25.6. The van der Waals surface area contributed by atoms with Crippen LogP contribution in [0.15, 0.2) is 29.2 Å². The zero-order valence-corrected chi connectivity index (χ0v) is 16.0. The third-order valence-electron chi connectivity index (χ3n) is 6.38. The van der Waals surface area contributed by atoms with Gasteiger partial charge in [0.25, 0.3) is 0 Å². The molecule has 3 fully saturated rings. The molecule has 1 aromatic carbocycles. The smallest absolute Gasteiger partial charge is 0.335 e. The second-order valence-electron chi connectivity index (χ2n) is 7.89. The van der Waals surface area contributed by atoms with Crippen molar-refractivity contribution in [3.8, 4) is 0 Å². The average molecular weight is 392 g/mol. The van der Waals surface area contributed by atoms with Gasteiger partial charge in [-0.05, 0) is 48.9 Å². The fourth-order valence-electron chi connectivity index (χ4n) is 4.62. The molecule has 1 unspecified atom stereocenters. The number of nitrogens with zero attached hydrogens (tertiary/aromatic N) is 2.